The first kappa shape index (κ1) is 37.0. The maximum Gasteiger partial charge on any atom is 0.238 e. The summed E-state index contributed by atoms with van der Waals surface area (Å²) in [5.74, 6) is 1.07. The van der Waals surface area contributed by atoms with Gasteiger partial charge in [-0.15, -0.1) is 13.2 Å². The summed E-state index contributed by atoms with van der Waals surface area (Å²) < 4.78 is 12.4. The second-order valence-corrected chi connectivity index (χ2v) is 17.8. The number of carbonyl (C=O) groups excluding carboxylic acids is 4. The molecule has 0 N–H and O–H groups in total. The Morgan fingerprint density at radius 2 is 0.898 bits per heavy atom. The average Bonchev–Trinajstić information content (AvgIpc) is 4.08. The van der Waals surface area contributed by atoms with Crippen LogP contribution in [0.3, 0.4) is 0 Å². The third-order valence-corrected chi connectivity index (χ3v) is 14.3. The van der Waals surface area contributed by atoms with Crippen molar-refractivity contribution < 1.29 is 28.7 Å². The zero-order valence-corrected chi connectivity index (χ0v) is 33.3. The number of ether oxygens (including phenoxy) is 2. The Morgan fingerprint density at radius 1 is 0.559 bits per heavy atom. The van der Waals surface area contributed by atoms with Crippen molar-refractivity contribution in [2.75, 3.05) is 9.80 Å². The van der Waals surface area contributed by atoms with Crippen molar-refractivity contribution in [1.82, 2.24) is 0 Å². The van der Waals surface area contributed by atoms with Crippen molar-refractivity contribution >= 4 is 35.0 Å². The van der Waals surface area contributed by atoms with E-state index in [-0.39, 0.29) is 75.4 Å². The quantitative estimate of drug-likeness (QED) is 0.105. The van der Waals surface area contributed by atoms with Gasteiger partial charge in [0.15, 0.2) is 0 Å². The minimum absolute atomic E-state index is 0.107. The van der Waals surface area contributed by atoms with Gasteiger partial charge in [0.1, 0.15) is 23.0 Å². The molecular formula is C51H46N2O6. The van der Waals surface area contributed by atoms with Crippen molar-refractivity contribution in [3.63, 3.8) is 0 Å². The van der Waals surface area contributed by atoms with Crippen LogP contribution in [0.25, 0.3) is 0 Å². The third-order valence-electron chi connectivity index (χ3n) is 14.3. The molecule has 8 nitrogen and oxygen atoms in total. The van der Waals surface area contributed by atoms with Gasteiger partial charge in [0, 0.05) is 16.2 Å². The summed E-state index contributed by atoms with van der Waals surface area (Å²) in [5, 5.41) is 0. The molecule has 2 aliphatic heterocycles. The molecule has 0 spiro atoms. The first-order valence-electron chi connectivity index (χ1n) is 20.6. The summed E-state index contributed by atoms with van der Waals surface area (Å²) in [5.41, 5.74) is 2.42. The van der Waals surface area contributed by atoms with Crippen LogP contribution in [0.2, 0.25) is 0 Å². The predicted octanol–water partition coefficient (Wildman–Crippen LogP) is 10.1. The molecule has 2 saturated carbocycles. The lowest BCUT2D eigenvalue weighted by atomic mass is 9.72. The van der Waals surface area contributed by atoms with Crippen LogP contribution in [0.15, 0.2) is 147 Å². The van der Waals surface area contributed by atoms with Crippen molar-refractivity contribution in [3.8, 4) is 23.0 Å². The molecule has 4 amide bonds. The summed E-state index contributed by atoms with van der Waals surface area (Å²) in [7, 11) is 0. The van der Waals surface area contributed by atoms with E-state index in [4.69, 9.17) is 9.47 Å². The third kappa shape index (κ3) is 5.55. The number of rotatable bonds is 12. The van der Waals surface area contributed by atoms with Gasteiger partial charge >= 0.3 is 0 Å². The summed E-state index contributed by atoms with van der Waals surface area (Å²) in [6.45, 7) is 12.2. The number of fused-ring (bicyclic) bond motifs is 10. The molecule has 2 saturated heterocycles. The zero-order chi connectivity index (χ0) is 40.8. The first-order valence-corrected chi connectivity index (χ1v) is 20.6. The molecule has 4 aromatic rings. The highest BCUT2D eigenvalue weighted by Crippen LogP contribution is 2.63. The number of benzene rings is 4. The Morgan fingerprint density at radius 3 is 1.24 bits per heavy atom. The fourth-order valence-corrected chi connectivity index (χ4v) is 11.4. The molecule has 4 aliphatic carbocycles. The van der Waals surface area contributed by atoms with E-state index in [1.54, 1.807) is 48.5 Å². The van der Waals surface area contributed by atoms with E-state index in [1.807, 2.05) is 36.4 Å². The minimum atomic E-state index is -0.328. The van der Waals surface area contributed by atoms with E-state index < -0.39 is 0 Å². The summed E-state index contributed by atoms with van der Waals surface area (Å²) in [6, 6.07) is 30.3. The number of imide groups is 2. The fourth-order valence-electron chi connectivity index (χ4n) is 11.4. The largest absolute Gasteiger partial charge is 0.457 e. The van der Waals surface area contributed by atoms with Crippen LogP contribution in [0.5, 0.6) is 23.0 Å². The highest BCUT2D eigenvalue weighted by atomic mass is 16.5. The van der Waals surface area contributed by atoms with Gasteiger partial charge in [-0.1, -0.05) is 74.6 Å². The normalized spacial score (nSPS) is 29.7. The Kier molecular flexibility index (Phi) is 8.40. The Hall–Kier alpha value is -6.28. The molecule has 296 valence electrons. The van der Waals surface area contributed by atoms with Crippen molar-refractivity contribution in [2.24, 2.45) is 46.3 Å². The molecule has 4 fully saturated rings. The topological polar surface area (TPSA) is 93.2 Å². The van der Waals surface area contributed by atoms with Crippen LogP contribution in [0.1, 0.15) is 50.7 Å². The number of nitrogens with zero attached hydrogens (tertiary/aromatic N) is 2. The highest BCUT2D eigenvalue weighted by Gasteiger charge is 2.67. The number of amides is 4. The molecule has 4 aromatic carbocycles. The van der Waals surface area contributed by atoms with Crippen LogP contribution in [0, 0.1) is 46.3 Å². The van der Waals surface area contributed by atoms with Crippen LogP contribution in [-0.2, 0) is 24.6 Å². The van der Waals surface area contributed by atoms with E-state index >= 15 is 0 Å². The van der Waals surface area contributed by atoms with Gasteiger partial charge in [0.2, 0.25) is 23.6 Å². The van der Waals surface area contributed by atoms with Gasteiger partial charge < -0.3 is 9.47 Å². The average molecular weight is 783 g/mol. The smallest absolute Gasteiger partial charge is 0.238 e. The molecule has 4 bridgehead atoms. The van der Waals surface area contributed by atoms with Gasteiger partial charge in [0.05, 0.1) is 35.0 Å². The lowest BCUT2D eigenvalue weighted by Gasteiger charge is -2.29. The number of allylic oxidation sites excluding steroid dienone is 6. The van der Waals surface area contributed by atoms with Crippen LogP contribution in [-0.4, -0.2) is 23.6 Å². The monoisotopic (exact) mass is 782 g/mol. The molecule has 0 aromatic heterocycles. The molecule has 0 radical (unpaired) electrons. The molecule has 8 unspecified atom stereocenters. The van der Waals surface area contributed by atoms with E-state index in [0.717, 1.165) is 24.0 Å². The van der Waals surface area contributed by atoms with E-state index in [0.29, 0.717) is 47.2 Å². The Balaban J connectivity index is 0.765. The van der Waals surface area contributed by atoms with E-state index in [1.165, 1.54) is 9.80 Å². The van der Waals surface area contributed by atoms with Crippen molar-refractivity contribution in [1.29, 1.82) is 0 Å². The summed E-state index contributed by atoms with van der Waals surface area (Å²) in [6.07, 6.45) is 15.3. The second kappa shape index (κ2) is 13.4. The van der Waals surface area contributed by atoms with Gasteiger partial charge in [-0.05, 0) is 121 Å². The van der Waals surface area contributed by atoms with Gasteiger partial charge in [-0.25, -0.2) is 0 Å². The van der Waals surface area contributed by atoms with Crippen molar-refractivity contribution in [2.45, 2.75) is 44.9 Å². The van der Waals surface area contributed by atoms with E-state index in [9.17, 15) is 19.2 Å². The van der Waals surface area contributed by atoms with E-state index in [2.05, 4.69) is 75.6 Å². The number of hydrogen-bond acceptors (Lipinski definition) is 6. The van der Waals surface area contributed by atoms with Crippen LogP contribution >= 0.6 is 0 Å². The molecule has 59 heavy (non-hydrogen) atoms. The Labute approximate surface area is 344 Å². The zero-order valence-electron chi connectivity index (χ0n) is 33.3. The molecule has 10 rings (SSSR count). The molecule has 6 aliphatic rings. The maximum atomic E-state index is 13.7. The summed E-state index contributed by atoms with van der Waals surface area (Å²) >= 11 is 0. The van der Waals surface area contributed by atoms with Gasteiger partial charge in [-0.3, -0.25) is 29.0 Å². The van der Waals surface area contributed by atoms with Crippen molar-refractivity contribution in [3.05, 3.63) is 158 Å². The Bertz CT molecular complexity index is 2310. The molecular weight excluding hydrogens is 737 g/mol. The molecule has 8 heteroatoms. The lowest BCUT2D eigenvalue weighted by Crippen LogP contribution is -2.35. The van der Waals surface area contributed by atoms with Crippen LogP contribution < -0.4 is 19.3 Å². The standard InChI is InChI=1S/C51H46N2O6/c1-5-25-50-27-23-31(29-50)41-43(50)47(56)52(45(41)54)35-11-19-39(20-12-35)58-37-15-7-33(8-16-37)49(3,4)34-9-17-38(18-10-34)59-40-21-13-36(14-22-40)53-46(55)42-32-24-28-51(30-32,26-6-2)44(42)48(53)57/h5-24,27-28,31-32,41-44H,1-2,25-26,29-30H2,3-4H3. The second-order valence-electron chi connectivity index (χ2n) is 17.8. The highest BCUT2D eigenvalue weighted by molar-refractivity contribution is 6.24. The number of carbonyl (C=O) groups is 4. The van der Waals surface area contributed by atoms with Gasteiger partial charge in [-0.2, -0.15) is 0 Å². The number of anilines is 2. The van der Waals surface area contributed by atoms with Gasteiger partial charge in [0.25, 0.3) is 0 Å². The minimum Gasteiger partial charge on any atom is -0.457 e. The lowest BCUT2D eigenvalue weighted by molar-refractivity contribution is -0.125. The molecule has 8 atom stereocenters. The number of hydrogen-bond donors (Lipinski definition) is 0. The maximum absolute atomic E-state index is 13.7. The summed E-state index contributed by atoms with van der Waals surface area (Å²) in [4.78, 5) is 57.1. The fraction of sp³-hybridized carbons (Fsp3) is 0.294. The SMILES string of the molecule is C=CCC12C=CC(C1)C1C(=O)N(c3ccc(Oc4ccc(C(C)(C)c5ccc(Oc6ccc(N7C(=O)C8C9C=CC(CC=C)(C9)C8C7=O)cc6)cc5)cc4)cc3)C(=O)C12. The predicted molar refractivity (Wildman–Crippen MR) is 226 cm³/mol. The first-order chi connectivity index (χ1) is 28.5. The molecule has 2 heterocycles. The van der Waals surface area contributed by atoms with Crippen LogP contribution in [0.4, 0.5) is 11.4 Å².